The Hall–Kier alpha value is -2.40. The van der Waals surface area contributed by atoms with Gasteiger partial charge in [0, 0.05) is 23.8 Å². The van der Waals surface area contributed by atoms with Crippen LogP contribution in [0.25, 0.3) is 11.3 Å². The van der Waals surface area contributed by atoms with E-state index in [0.29, 0.717) is 6.54 Å². The Bertz CT molecular complexity index is 756. The van der Waals surface area contributed by atoms with Gasteiger partial charge in [0.25, 0.3) is 0 Å². The normalized spacial score (nSPS) is 11.0. The van der Waals surface area contributed by atoms with Gasteiger partial charge in [-0.15, -0.1) is 0 Å². The molecule has 6 heteroatoms. The maximum atomic E-state index is 12.4. The molecular weight excluding hydrogens is 338 g/mol. The lowest BCUT2D eigenvalue weighted by Crippen LogP contribution is -2.45. The number of nitrogens with zero attached hydrogens (tertiary/aromatic N) is 3. The van der Waals surface area contributed by atoms with Gasteiger partial charge in [-0.25, -0.2) is 14.8 Å². The molecule has 0 saturated heterocycles. The molecule has 1 amide bonds. The molecule has 2 aromatic rings. The number of ether oxygens (including phenoxy) is 1. The van der Waals surface area contributed by atoms with E-state index in [-0.39, 0.29) is 23.5 Å². The molecule has 0 aliphatic carbocycles. The minimum atomic E-state index is -0.382. The molecule has 1 aromatic heterocycles. The topological polar surface area (TPSA) is 55.3 Å². The fourth-order valence-electron chi connectivity index (χ4n) is 2.29. The highest BCUT2D eigenvalue weighted by atomic mass is 35.5. The summed E-state index contributed by atoms with van der Waals surface area (Å²) >= 11 is 5.87. The zero-order chi connectivity index (χ0) is 18.4. The number of aromatic nitrogens is 2. The van der Waals surface area contributed by atoms with Gasteiger partial charge in [-0.05, 0) is 50.1 Å². The van der Waals surface area contributed by atoms with Crippen LogP contribution in [0.1, 0.15) is 26.3 Å². The molecule has 0 saturated carbocycles. The fraction of sp³-hybridized carbons (Fsp3) is 0.316. The van der Waals surface area contributed by atoms with Crippen molar-refractivity contribution in [2.75, 3.05) is 6.61 Å². The number of hydrogen-bond acceptors (Lipinski definition) is 4. The van der Waals surface area contributed by atoms with Crippen LogP contribution in [-0.4, -0.2) is 33.1 Å². The maximum Gasteiger partial charge on any atom is 0.410 e. The second-order valence-electron chi connectivity index (χ2n) is 6.53. The largest absolute Gasteiger partial charge is 0.445 e. The molecule has 1 aromatic carbocycles. The van der Waals surface area contributed by atoms with Crippen LogP contribution in [0.2, 0.25) is 5.28 Å². The summed E-state index contributed by atoms with van der Waals surface area (Å²) < 4.78 is 5.21. The lowest BCUT2D eigenvalue weighted by Gasteiger charge is -2.34. The number of halogens is 1. The Morgan fingerprint density at radius 3 is 2.76 bits per heavy atom. The summed E-state index contributed by atoms with van der Waals surface area (Å²) in [5.74, 6) is 0. The molecule has 0 unspecified atom stereocenters. The van der Waals surface area contributed by atoms with E-state index in [1.54, 1.807) is 23.2 Å². The van der Waals surface area contributed by atoms with Gasteiger partial charge in [-0.1, -0.05) is 30.9 Å². The smallest absolute Gasteiger partial charge is 0.410 e. The molecule has 5 nitrogen and oxygen atoms in total. The Labute approximate surface area is 153 Å². The van der Waals surface area contributed by atoms with Crippen molar-refractivity contribution in [2.24, 2.45) is 0 Å². The first-order valence-corrected chi connectivity index (χ1v) is 8.32. The molecule has 0 aliphatic heterocycles. The predicted molar refractivity (Wildman–Crippen MR) is 99.3 cm³/mol. The fourth-order valence-corrected chi connectivity index (χ4v) is 2.44. The third-order valence-corrected chi connectivity index (χ3v) is 3.73. The van der Waals surface area contributed by atoms with Gasteiger partial charge in [0.05, 0.1) is 5.69 Å². The third kappa shape index (κ3) is 5.29. The summed E-state index contributed by atoms with van der Waals surface area (Å²) in [6.45, 7) is 10.1. The van der Waals surface area contributed by atoms with E-state index in [9.17, 15) is 4.79 Å². The van der Waals surface area contributed by atoms with Gasteiger partial charge < -0.3 is 4.74 Å². The van der Waals surface area contributed by atoms with Crippen molar-refractivity contribution in [2.45, 2.75) is 32.9 Å². The summed E-state index contributed by atoms with van der Waals surface area (Å²) in [6, 6.07) is 9.62. The molecule has 0 radical (unpaired) electrons. The van der Waals surface area contributed by atoms with Crippen molar-refractivity contribution in [3.8, 4) is 11.3 Å². The molecule has 132 valence electrons. The average molecular weight is 360 g/mol. The van der Waals surface area contributed by atoms with Crippen LogP contribution in [0.3, 0.4) is 0 Å². The highest BCUT2D eigenvalue weighted by Crippen LogP contribution is 2.23. The summed E-state index contributed by atoms with van der Waals surface area (Å²) in [4.78, 5) is 22.2. The minimum absolute atomic E-state index is 0.185. The zero-order valence-corrected chi connectivity index (χ0v) is 15.5. The van der Waals surface area contributed by atoms with Crippen LogP contribution in [0.15, 0.2) is 49.2 Å². The van der Waals surface area contributed by atoms with Gasteiger partial charge >= 0.3 is 6.09 Å². The van der Waals surface area contributed by atoms with E-state index in [1.165, 1.54) is 0 Å². The molecule has 0 fully saturated rings. The Morgan fingerprint density at radius 1 is 1.36 bits per heavy atom. The van der Waals surface area contributed by atoms with Crippen molar-refractivity contribution in [3.05, 3.63) is 60.0 Å². The number of amides is 1. The molecule has 0 spiro atoms. The van der Waals surface area contributed by atoms with Crippen LogP contribution in [-0.2, 0) is 11.3 Å². The van der Waals surface area contributed by atoms with E-state index >= 15 is 0 Å². The van der Waals surface area contributed by atoms with Crippen molar-refractivity contribution < 1.29 is 9.53 Å². The summed E-state index contributed by atoms with van der Waals surface area (Å²) in [5, 5.41) is 0.201. The van der Waals surface area contributed by atoms with Gasteiger partial charge in [0.15, 0.2) is 0 Å². The van der Waals surface area contributed by atoms with E-state index in [2.05, 4.69) is 16.5 Å². The first kappa shape index (κ1) is 18.9. The highest BCUT2D eigenvalue weighted by Gasteiger charge is 2.27. The van der Waals surface area contributed by atoms with Gasteiger partial charge in [-0.2, -0.15) is 0 Å². The monoisotopic (exact) mass is 359 g/mol. The van der Waals surface area contributed by atoms with Crippen molar-refractivity contribution >= 4 is 17.7 Å². The van der Waals surface area contributed by atoms with Crippen LogP contribution in [0.5, 0.6) is 0 Å². The first-order chi connectivity index (χ1) is 11.8. The zero-order valence-electron chi connectivity index (χ0n) is 14.7. The first-order valence-electron chi connectivity index (χ1n) is 7.94. The Kier molecular flexibility index (Phi) is 6.15. The second-order valence-corrected chi connectivity index (χ2v) is 6.87. The molecule has 1 heterocycles. The van der Waals surface area contributed by atoms with Crippen molar-refractivity contribution in [1.82, 2.24) is 14.9 Å². The quantitative estimate of drug-likeness (QED) is 0.572. The molecular formula is C19H22ClN3O2. The predicted octanol–water partition coefficient (Wildman–Crippen LogP) is 4.72. The van der Waals surface area contributed by atoms with Crippen LogP contribution < -0.4 is 0 Å². The van der Waals surface area contributed by atoms with E-state index in [4.69, 9.17) is 16.3 Å². The maximum absolute atomic E-state index is 12.4. The van der Waals surface area contributed by atoms with Gasteiger partial charge in [-0.3, -0.25) is 4.90 Å². The minimum Gasteiger partial charge on any atom is -0.445 e. The average Bonchev–Trinajstić information content (AvgIpc) is 2.57. The Morgan fingerprint density at radius 2 is 2.12 bits per heavy atom. The van der Waals surface area contributed by atoms with Crippen molar-refractivity contribution in [3.63, 3.8) is 0 Å². The van der Waals surface area contributed by atoms with Gasteiger partial charge in [0.2, 0.25) is 5.28 Å². The van der Waals surface area contributed by atoms with Gasteiger partial charge in [0.1, 0.15) is 6.61 Å². The number of benzene rings is 1. The number of rotatable bonds is 5. The lowest BCUT2D eigenvalue weighted by atomic mass is 10.0. The molecule has 0 N–H and O–H groups in total. The lowest BCUT2D eigenvalue weighted by molar-refractivity contribution is 0.0709. The van der Waals surface area contributed by atoms with E-state index in [0.717, 1.165) is 16.8 Å². The number of carbonyl (C=O) groups is 1. The van der Waals surface area contributed by atoms with Crippen molar-refractivity contribution in [1.29, 1.82) is 0 Å². The SMILES string of the molecule is C=CCOC(=O)N(Cc1cccc(-c2ccnc(Cl)n2)c1)C(C)(C)C. The van der Waals surface area contributed by atoms with Crippen LogP contribution >= 0.6 is 11.6 Å². The standard InChI is InChI=1S/C19H22ClN3O2/c1-5-11-25-18(24)23(19(2,3)4)13-14-7-6-8-15(12-14)16-9-10-21-17(20)22-16/h5-10,12H,1,11,13H2,2-4H3. The van der Waals surface area contributed by atoms with E-state index < -0.39 is 0 Å². The molecule has 2 rings (SSSR count). The van der Waals surface area contributed by atoms with E-state index in [1.807, 2.05) is 45.0 Å². The second kappa shape index (κ2) is 8.12. The molecule has 0 bridgehead atoms. The summed E-state index contributed by atoms with van der Waals surface area (Å²) in [6.07, 6.45) is 2.80. The van der Waals surface area contributed by atoms with Crippen LogP contribution in [0.4, 0.5) is 4.79 Å². The van der Waals surface area contributed by atoms with Crippen LogP contribution in [0, 0.1) is 0 Å². The Balaban J connectivity index is 2.26. The highest BCUT2D eigenvalue weighted by molar-refractivity contribution is 6.28. The summed E-state index contributed by atoms with van der Waals surface area (Å²) in [7, 11) is 0. The summed E-state index contributed by atoms with van der Waals surface area (Å²) in [5.41, 5.74) is 2.23. The number of carbonyl (C=O) groups excluding carboxylic acids is 1. The molecule has 0 atom stereocenters. The third-order valence-electron chi connectivity index (χ3n) is 3.54. The molecule has 25 heavy (non-hydrogen) atoms. The molecule has 0 aliphatic rings. The number of hydrogen-bond donors (Lipinski definition) is 0.